The summed E-state index contributed by atoms with van der Waals surface area (Å²) in [7, 11) is 0. The summed E-state index contributed by atoms with van der Waals surface area (Å²) in [6.07, 6.45) is 3.92. The predicted octanol–water partition coefficient (Wildman–Crippen LogP) is 4.96. The van der Waals surface area contributed by atoms with Crippen molar-refractivity contribution >= 4 is 0 Å². The molecule has 3 aromatic rings. The molecule has 0 N–H and O–H groups in total. The van der Waals surface area contributed by atoms with Crippen LogP contribution in [0.2, 0.25) is 0 Å². The fourth-order valence-corrected chi connectivity index (χ4v) is 2.59. The van der Waals surface area contributed by atoms with Crippen LogP contribution < -0.4 is 4.74 Å². The monoisotopic (exact) mass is 321 g/mol. The Morgan fingerprint density at radius 3 is 2.21 bits per heavy atom. The van der Waals surface area contributed by atoms with E-state index in [1.165, 1.54) is 17.5 Å². The van der Waals surface area contributed by atoms with Crippen LogP contribution in [-0.4, -0.2) is 14.8 Å². The van der Waals surface area contributed by atoms with Gasteiger partial charge in [0.25, 0.3) is 0 Å². The maximum atomic E-state index is 6.19. The summed E-state index contributed by atoms with van der Waals surface area (Å²) in [6.45, 7) is 6.58. The lowest BCUT2D eigenvalue weighted by Gasteiger charge is -2.26. The summed E-state index contributed by atoms with van der Waals surface area (Å²) in [6, 6.07) is 18.5. The number of hydrogen-bond acceptors (Lipinski definition) is 3. The smallest absolute Gasteiger partial charge is 0.193 e. The molecule has 0 bridgehead atoms. The first-order valence-electron chi connectivity index (χ1n) is 8.17. The van der Waals surface area contributed by atoms with Crippen molar-refractivity contribution in [1.29, 1.82) is 0 Å². The van der Waals surface area contributed by atoms with E-state index in [1.54, 1.807) is 11.0 Å². The van der Waals surface area contributed by atoms with Crippen molar-refractivity contribution in [3.05, 3.63) is 67.3 Å². The fourth-order valence-electron chi connectivity index (χ4n) is 2.59. The Bertz CT molecular complexity index is 744. The largest absolute Gasteiger partial charge is 0.469 e. The van der Waals surface area contributed by atoms with E-state index >= 15 is 0 Å². The highest BCUT2D eigenvalue weighted by Crippen LogP contribution is 2.30. The van der Waals surface area contributed by atoms with Crippen LogP contribution >= 0.6 is 0 Å². The van der Waals surface area contributed by atoms with Crippen molar-refractivity contribution in [3.8, 4) is 16.9 Å². The quantitative estimate of drug-likeness (QED) is 0.667. The molecular weight excluding hydrogens is 298 g/mol. The molecule has 0 radical (unpaired) electrons. The lowest BCUT2D eigenvalue weighted by Crippen LogP contribution is -2.22. The van der Waals surface area contributed by atoms with E-state index in [0.29, 0.717) is 0 Å². The predicted molar refractivity (Wildman–Crippen MR) is 95.6 cm³/mol. The first kappa shape index (κ1) is 16.2. The Kier molecular flexibility index (Phi) is 4.65. The second-order valence-corrected chi connectivity index (χ2v) is 7.10. The highest BCUT2D eigenvalue weighted by atomic mass is 16.5. The number of ether oxygens (including phenoxy) is 1. The van der Waals surface area contributed by atoms with Crippen LogP contribution in [0.1, 0.15) is 33.4 Å². The van der Waals surface area contributed by atoms with Crippen LogP contribution in [0.4, 0.5) is 0 Å². The molecule has 124 valence electrons. The third-order valence-corrected chi connectivity index (χ3v) is 3.75. The summed E-state index contributed by atoms with van der Waals surface area (Å²) in [5.74, 6) is 0.833. The zero-order valence-electron chi connectivity index (χ0n) is 14.4. The van der Waals surface area contributed by atoms with Gasteiger partial charge in [-0.15, -0.1) is 0 Å². The van der Waals surface area contributed by atoms with Crippen LogP contribution in [0.15, 0.2) is 67.3 Å². The average Bonchev–Trinajstić information content (AvgIpc) is 3.09. The summed E-state index contributed by atoms with van der Waals surface area (Å²) < 4.78 is 7.96. The van der Waals surface area contributed by atoms with E-state index in [4.69, 9.17) is 4.74 Å². The van der Waals surface area contributed by atoms with Gasteiger partial charge in [-0.2, -0.15) is 5.10 Å². The molecule has 1 unspecified atom stereocenters. The minimum Gasteiger partial charge on any atom is -0.469 e. The van der Waals surface area contributed by atoms with E-state index < -0.39 is 0 Å². The zero-order chi connectivity index (χ0) is 17.0. The molecule has 0 aliphatic heterocycles. The molecule has 0 aliphatic rings. The topological polar surface area (TPSA) is 39.9 Å². The van der Waals surface area contributed by atoms with Crippen molar-refractivity contribution in [3.63, 3.8) is 0 Å². The number of rotatable bonds is 5. The van der Waals surface area contributed by atoms with Gasteiger partial charge in [0, 0.05) is 6.42 Å². The van der Waals surface area contributed by atoms with Gasteiger partial charge in [-0.25, -0.2) is 9.67 Å². The third kappa shape index (κ3) is 4.22. The minimum atomic E-state index is -0.171. The molecule has 2 aromatic carbocycles. The van der Waals surface area contributed by atoms with E-state index in [2.05, 4.69) is 55.1 Å². The molecule has 3 rings (SSSR count). The standard InChI is InChI=1S/C20H23N3O/c1-20(2,3)13-19(23-15-21-14-22-23)24-18-11-9-17(10-12-18)16-7-5-4-6-8-16/h4-12,14-15,19H,13H2,1-3H3. The molecular formula is C20H23N3O. The lowest BCUT2D eigenvalue weighted by molar-refractivity contribution is 0.0716. The number of nitrogens with zero attached hydrogens (tertiary/aromatic N) is 3. The fraction of sp³-hybridized carbons (Fsp3) is 0.300. The number of hydrogen-bond donors (Lipinski definition) is 0. The normalized spacial score (nSPS) is 12.8. The lowest BCUT2D eigenvalue weighted by atomic mass is 9.91. The van der Waals surface area contributed by atoms with E-state index in [0.717, 1.165) is 12.2 Å². The van der Waals surface area contributed by atoms with Crippen LogP contribution in [0.5, 0.6) is 5.75 Å². The van der Waals surface area contributed by atoms with Crippen LogP contribution in [0.3, 0.4) is 0 Å². The van der Waals surface area contributed by atoms with Crippen molar-refractivity contribution in [2.45, 2.75) is 33.4 Å². The highest BCUT2D eigenvalue weighted by Gasteiger charge is 2.22. The molecule has 0 saturated carbocycles. The van der Waals surface area contributed by atoms with Crippen molar-refractivity contribution in [2.24, 2.45) is 5.41 Å². The Hall–Kier alpha value is -2.62. The van der Waals surface area contributed by atoms with Gasteiger partial charge in [0.2, 0.25) is 0 Å². The third-order valence-electron chi connectivity index (χ3n) is 3.75. The van der Waals surface area contributed by atoms with Gasteiger partial charge in [0.05, 0.1) is 0 Å². The number of benzene rings is 2. The van der Waals surface area contributed by atoms with Gasteiger partial charge >= 0.3 is 0 Å². The summed E-state index contributed by atoms with van der Waals surface area (Å²) >= 11 is 0. The number of aromatic nitrogens is 3. The molecule has 0 fully saturated rings. The molecule has 0 amide bonds. The van der Waals surface area contributed by atoms with Crippen molar-refractivity contribution in [1.82, 2.24) is 14.8 Å². The van der Waals surface area contributed by atoms with Gasteiger partial charge < -0.3 is 4.74 Å². The maximum Gasteiger partial charge on any atom is 0.193 e. The van der Waals surface area contributed by atoms with Gasteiger partial charge in [-0.05, 0) is 28.7 Å². The van der Waals surface area contributed by atoms with Crippen LogP contribution in [0.25, 0.3) is 11.1 Å². The first-order chi connectivity index (χ1) is 11.5. The Morgan fingerprint density at radius 2 is 1.62 bits per heavy atom. The Balaban J connectivity index is 1.78. The highest BCUT2D eigenvalue weighted by molar-refractivity contribution is 5.63. The van der Waals surface area contributed by atoms with Crippen molar-refractivity contribution < 1.29 is 4.74 Å². The molecule has 0 aliphatic carbocycles. The van der Waals surface area contributed by atoms with E-state index in [1.807, 2.05) is 30.3 Å². The van der Waals surface area contributed by atoms with Crippen LogP contribution in [-0.2, 0) is 0 Å². The molecule has 4 nitrogen and oxygen atoms in total. The first-order valence-corrected chi connectivity index (χ1v) is 8.17. The Labute approximate surface area is 143 Å². The summed E-state index contributed by atoms with van der Waals surface area (Å²) in [4.78, 5) is 4.04. The summed E-state index contributed by atoms with van der Waals surface area (Å²) in [5, 5.41) is 4.24. The van der Waals surface area contributed by atoms with Gasteiger partial charge in [-0.3, -0.25) is 0 Å². The molecule has 0 saturated heterocycles. The molecule has 0 spiro atoms. The second kappa shape index (κ2) is 6.87. The average molecular weight is 321 g/mol. The molecule has 4 heteroatoms. The Morgan fingerprint density at radius 1 is 0.958 bits per heavy atom. The SMILES string of the molecule is CC(C)(C)CC(Oc1ccc(-c2ccccc2)cc1)n1cncn1. The van der Waals surface area contributed by atoms with Crippen LogP contribution in [0, 0.1) is 5.41 Å². The van der Waals surface area contributed by atoms with E-state index in [9.17, 15) is 0 Å². The minimum absolute atomic E-state index is 0.126. The van der Waals surface area contributed by atoms with Gasteiger partial charge in [0.15, 0.2) is 6.23 Å². The molecule has 24 heavy (non-hydrogen) atoms. The molecule has 1 atom stereocenters. The van der Waals surface area contributed by atoms with Gasteiger partial charge in [-0.1, -0.05) is 63.2 Å². The van der Waals surface area contributed by atoms with E-state index in [-0.39, 0.29) is 11.6 Å². The second-order valence-electron chi connectivity index (χ2n) is 7.10. The molecule has 1 aromatic heterocycles. The van der Waals surface area contributed by atoms with Crippen molar-refractivity contribution in [2.75, 3.05) is 0 Å². The van der Waals surface area contributed by atoms with Gasteiger partial charge in [0.1, 0.15) is 18.4 Å². The summed E-state index contributed by atoms with van der Waals surface area (Å²) in [5.41, 5.74) is 2.50. The molecule has 1 heterocycles. The maximum absolute atomic E-state index is 6.19. The zero-order valence-corrected chi connectivity index (χ0v) is 14.4.